The third kappa shape index (κ3) is 3.38. The van der Waals surface area contributed by atoms with Gasteiger partial charge in [-0.2, -0.15) is 12.7 Å². The summed E-state index contributed by atoms with van der Waals surface area (Å²) in [6.45, 7) is 6.56. The van der Waals surface area contributed by atoms with Crippen molar-refractivity contribution in [1.29, 1.82) is 0 Å². The van der Waals surface area contributed by atoms with E-state index >= 15 is 0 Å². The molecule has 2 heterocycles. The van der Waals surface area contributed by atoms with Crippen LogP contribution in [-0.4, -0.2) is 44.4 Å². The molecule has 1 aliphatic rings. The first-order valence-electron chi connectivity index (χ1n) is 8.10. The first-order valence-corrected chi connectivity index (χ1v) is 9.61. The monoisotopic (exact) mass is 348 g/mol. The van der Waals surface area contributed by atoms with Crippen molar-refractivity contribution >= 4 is 26.8 Å². The van der Waals surface area contributed by atoms with Crippen molar-refractivity contribution in [1.82, 2.24) is 9.29 Å². The number of rotatable bonds is 5. The minimum absolute atomic E-state index is 0.465. The molecule has 0 aliphatic carbocycles. The number of pyridine rings is 1. The van der Waals surface area contributed by atoms with Crippen molar-refractivity contribution in [2.75, 3.05) is 31.6 Å². The number of hydrogen-bond acceptors (Lipinski definition) is 4. The maximum absolute atomic E-state index is 11.2. The van der Waals surface area contributed by atoms with Gasteiger partial charge in [-0.15, -0.1) is 0 Å². The van der Waals surface area contributed by atoms with E-state index in [4.69, 9.17) is 5.14 Å². The van der Waals surface area contributed by atoms with E-state index in [2.05, 4.69) is 41.9 Å². The number of benzene rings is 1. The molecule has 1 aliphatic heterocycles. The Morgan fingerprint density at radius 1 is 1.29 bits per heavy atom. The van der Waals surface area contributed by atoms with Gasteiger partial charge in [-0.05, 0) is 55.5 Å². The molecular formula is C17H24N4O2S. The van der Waals surface area contributed by atoms with Crippen molar-refractivity contribution in [3.63, 3.8) is 0 Å². The van der Waals surface area contributed by atoms with Gasteiger partial charge in [0.05, 0.1) is 5.52 Å². The molecule has 24 heavy (non-hydrogen) atoms. The van der Waals surface area contributed by atoms with Crippen LogP contribution in [0.25, 0.3) is 10.9 Å². The van der Waals surface area contributed by atoms with E-state index < -0.39 is 10.2 Å². The Kier molecular flexibility index (Phi) is 4.50. The summed E-state index contributed by atoms with van der Waals surface area (Å²) < 4.78 is 23.7. The van der Waals surface area contributed by atoms with E-state index in [1.54, 1.807) is 0 Å². The first kappa shape index (κ1) is 17.1. The Labute approximate surface area is 143 Å². The number of aryl methyl sites for hydroxylation is 2. The Hall–Kier alpha value is -1.70. The zero-order chi connectivity index (χ0) is 17.5. The zero-order valence-corrected chi connectivity index (χ0v) is 15.2. The van der Waals surface area contributed by atoms with E-state index in [1.165, 1.54) is 33.6 Å². The molecule has 0 bridgehead atoms. The molecule has 0 saturated carbocycles. The largest absolute Gasteiger partial charge is 0.370 e. The number of fused-ring (bicyclic) bond motifs is 1. The van der Waals surface area contributed by atoms with Crippen LogP contribution in [0.3, 0.4) is 0 Å². The molecule has 1 saturated heterocycles. The Morgan fingerprint density at radius 3 is 2.62 bits per heavy atom. The van der Waals surface area contributed by atoms with Crippen molar-refractivity contribution in [3.05, 3.63) is 35.5 Å². The number of nitrogens with two attached hydrogens (primary N) is 1. The van der Waals surface area contributed by atoms with Gasteiger partial charge in [0, 0.05) is 44.0 Å². The molecule has 2 N–H and O–H groups in total. The predicted octanol–water partition coefficient (Wildman–Crippen LogP) is 1.81. The summed E-state index contributed by atoms with van der Waals surface area (Å²) >= 11 is 0. The van der Waals surface area contributed by atoms with Crippen LogP contribution in [0.5, 0.6) is 0 Å². The molecule has 0 radical (unpaired) electrons. The van der Waals surface area contributed by atoms with Crippen LogP contribution in [0.1, 0.15) is 17.5 Å². The summed E-state index contributed by atoms with van der Waals surface area (Å²) in [4.78, 5) is 6.81. The third-order valence-electron chi connectivity index (χ3n) is 4.92. The lowest BCUT2D eigenvalue weighted by Gasteiger charge is -2.42. The van der Waals surface area contributed by atoms with Gasteiger partial charge in [0.15, 0.2) is 0 Å². The van der Waals surface area contributed by atoms with Gasteiger partial charge in [0.25, 0.3) is 10.2 Å². The summed E-state index contributed by atoms with van der Waals surface area (Å²) in [6.07, 6.45) is 2.68. The summed E-state index contributed by atoms with van der Waals surface area (Å²) in [5.74, 6) is 0.490. The molecule has 1 fully saturated rings. The molecule has 1 aromatic heterocycles. The summed E-state index contributed by atoms with van der Waals surface area (Å²) in [5, 5.41) is 6.29. The highest BCUT2D eigenvalue weighted by Crippen LogP contribution is 2.33. The normalized spacial score (nSPS) is 16.0. The maximum Gasteiger partial charge on any atom is 0.276 e. The van der Waals surface area contributed by atoms with E-state index in [0.717, 1.165) is 25.0 Å². The molecule has 1 aromatic carbocycles. The van der Waals surface area contributed by atoms with Gasteiger partial charge in [0.2, 0.25) is 0 Å². The Balaban J connectivity index is 1.68. The average Bonchev–Trinajstić information content (AvgIpc) is 2.46. The van der Waals surface area contributed by atoms with Gasteiger partial charge in [-0.25, -0.2) is 5.14 Å². The van der Waals surface area contributed by atoms with Gasteiger partial charge < -0.3 is 4.90 Å². The smallest absolute Gasteiger partial charge is 0.276 e. The number of anilines is 1. The molecule has 2 aromatic rings. The van der Waals surface area contributed by atoms with Crippen LogP contribution in [0.15, 0.2) is 24.4 Å². The minimum Gasteiger partial charge on any atom is -0.370 e. The highest BCUT2D eigenvalue weighted by molar-refractivity contribution is 7.86. The number of nitrogens with zero attached hydrogens (tertiary/aromatic N) is 3. The van der Waals surface area contributed by atoms with Gasteiger partial charge in [0.1, 0.15) is 0 Å². The highest BCUT2D eigenvalue weighted by Gasteiger charge is 2.28. The van der Waals surface area contributed by atoms with Crippen molar-refractivity contribution in [2.24, 2.45) is 11.1 Å². The van der Waals surface area contributed by atoms with E-state index in [-0.39, 0.29) is 0 Å². The van der Waals surface area contributed by atoms with E-state index in [9.17, 15) is 8.42 Å². The van der Waals surface area contributed by atoms with Crippen LogP contribution in [0.2, 0.25) is 0 Å². The van der Waals surface area contributed by atoms with Gasteiger partial charge in [-0.1, -0.05) is 0 Å². The van der Waals surface area contributed by atoms with Crippen molar-refractivity contribution in [2.45, 2.75) is 20.3 Å². The molecule has 0 unspecified atom stereocenters. The fourth-order valence-electron chi connectivity index (χ4n) is 3.11. The van der Waals surface area contributed by atoms with E-state index in [1.807, 2.05) is 6.20 Å². The number of hydrogen-bond donors (Lipinski definition) is 1. The van der Waals surface area contributed by atoms with Crippen LogP contribution < -0.4 is 10.0 Å². The second kappa shape index (κ2) is 6.31. The second-order valence-corrected chi connectivity index (χ2v) is 8.36. The maximum atomic E-state index is 11.2. The second-order valence-electron chi connectivity index (χ2n) is 6.71. The van der Waals surface area contributed by atoms with E-state index in [0.29, 0.717) is 12.5 Å². The topological polar surface area (TPSA) is 79.5 Å². The fraction of sp³-hybridized carbons (Fsp3) is 0.471. The quantitative estimate of drug-likeness (QED) is 0.894. The van der Waals surface area contributed by atoms with Crippen LogP contribution in [-0.2, 0) is 10.2 Å². The molecule has 0 spiro atoms. The molecule has 7 heteroatoms. The van der Waals surface area contributed by atoms with Crippen molar-refractivity contribution in [3.8, 4) is 0 Å². The standard InChI is InChI=1S/C17H24N4O2S/c1-12-8-15-16(9-13(12)2)19-6-4-17(15)21-10-14(11-21)5-7-20(3)24(18,22)23/h4,6,8-9,14H,5,7,10-11H2,1-3H3,(H2,18,22,23). The molecular weight excluding hydrogens is 324 g/mol. The third-order valence-corrected chi connectivity index (χ3v) is 5.97. The molecule has 0 atom stereocenters. The minimum atomic E-state index is -3.57. The Bertz CT molecular complexity index is 860. The SMILES string of the molecule is Cc1cc2nccc(N3CC(CCN(C)S(N)(=O)=O)C3)c2cc1C. The highest BCUT2D eigenvalue weighted by atomic mass is 32.2. The lowest BCUT2D eigenvalue weighted by atomic mass is 9.94. The lowest BCUT2D eigenvalue weighted by molar-refractivity contribution is 0.345. The molecule has 130 valence electrons. The Morgan fingerprint density at radius 2 is 1.96 bits per heavy atom. The molecule has 3 rings (SSSR count). The lowest BCUT2D eigenvalue weighted by Crippen LogP contribution is -2.48. The summed E-state index contributed by atoms with van der Waals surface area (Å²) in [6, 6.07) is 6.39. The van der Waals surface area contributed by atoms with Crippen LogP contribution in [0.4, 0.5) is 5.69 Å². The van der Waals surface area contributed by atoms with Crippen LogP contribution in [0, 0.1) is 19.8 Å². The molecule has 6 nitrogen and oxygen atoms in total. The van der Waals surface area contributed by atoms with Gasteiger partial charge >= 0.3 is 0 Å². The van der Waals surface area contributed by atoms with Crippen LogP contribution >= 0.6 is 0 Å². The van der Waals surface area contributed by atoms with Gasteiger partial charge in [-0.3, -0.25) is 4.98 Å². The van der Waals surface area contributed by atoms with Crippen molar-refractivity contribution < 1.29 is 8.42 Å². The average molecular weight is 348 g/mol. The molecule has 0 amide bonds. The fourth-order valence-corrected chi connectivity index (χ4v) is 3.47. The first-order chi connectivity index (χ1) is 11.3. The summed E-state index contributed by atoms with van der Waals surface area (Å²) in [5.41, 5.74) is 4.75. The predicted molar refractivity (Wildman–Crippen MR) is 97.3 cm³/mol. The summed E-state index contributed by atoms with van der Waals surface area (Å²) in [7, 11) is -2.05. The zero-order valence-electron chi connectivity index (χ0n) is 14.4. The number of aromatic nitrogens is 1.